The third kappa shape index (κ3) is 3.35. The summed E-state index contributed by atoms with van der Waals surface area (Å²) < 4.78 is 0. The van der Waals surface area contributed by atoms with Crippen molar-refractivity contribution in [3.63, 3.8) is 0 Å². The van der Waals surface area contributed by atoms with Gasteiger partial charge in [0.15, 0.2) is 0 Å². The maximum Gasteiger partial charge on any atom is 0.269 e. The standard InChI is InChI=1S/C18H17N3O4/c1-12(18(23)19-14-5-3-2-4-6-14)20-16-9-8-15(21(24)25)11-13(16)7-10-17(20)22/h2-6,8-9,11-12H,7,10H2,1H3,(H,19,23). The van der Waals surface area contributed by atoms with Gasteiger partial charge in [0.25, 0.3) is 5.69 Å². The molecule has 0 aliphatic carbocycles. The zero-order valence-electron chi connectivity index (χ0n) is 13.6. The molecule has 7 heteroatoms. The summed E-state index contributed by atoms with van der Waals surface area (Å²) in [6.45, 7) is 1.65. The molecule has 2 aromatic rings. The topological polar surface area (TPSA) is 92.6 Å². The third-order valence-corrected chi connectivity index (χ3v) is 4.22. The quantitative estimate of drug-likeness (QED) is 0.685. The Kier molecular flexibility index (Phi) is 4.47. The van der Waals surface area contributed by atoms with Gasteiger partial charge in [0, 0.05) is 29.9 Å². The van der Waals surface area contributed by atoms with E-state index in [9.17, 15) is 19.7 Å². The van der Waals surface area contributed by atoms with Gasteiger partial charge in [-0.25, -0.2) is 0 Å². The Morgan fingerprint density at radius 3 is 2.60 bits per heavy atom. The first-order valence-corrected chi connectivity index (χ1v) is 7.92. The zero-order valence-corrected chi connectivity index (χ0v) is 13.6. The lowest BCUT2D eigenvalue weighted by molar-refractivity contribution is -0.384. The number of nitro benzene ring substituents is 1. The van der Waals surface area contributed by atoms with Crippen molar-refractivity contribution in [2.75, 3.05) is 10.2 Å². The van der Waals surface area contributed by atoms with Gasteiger partial charge in [0.05, 0.1) is 4.92 Å². The molecule has 0 saturated heterocycles. The highest BCUT2D eigenvalue weighted by molar-refractivity contribution is 6.06. The van der Waals surface area contributed by atoms with Gasteiger partial charge in [-0.3, -0.25) is 24.6 Å². The molecule has 128 valence electrons. The van der Waals surface area contributed by atoms with E-state index >= 15 is 0 Å². The largest absolute Gasteiger partial charge is 0.324 e. The predicted molar refractivity (Wildman–Crippen MR) is 93.4 cm³/mol. The van der Waals surface area contributed by atoms with Crippen LogP contribution in [0.5, 0.6) is 0 Å². The lowest BCUT2D eigenvalue weighted by Crippen LogP contribution is -2.47. The van der Waals surface area contributed by atoms with Crippen LogP contribution in [0, 0.1) is 10.1 Å². The minimum Gasteiger partial charge on any atom is -0.324 e. The predicted octanol–water partition coefficient (Wildman–Crippen LogP) is 2.90. The number of non-ortho nitro benzene ring substituents is 1. The molecule has 7 nitrogen and oxygen atoms in total. The number of nitrogens with one attached hydrogen (secondary N) is 1. The molecule has 0 fully saturated rings. The number of nitrogens with zero attached hydrogens (tertiary/aromatic N) is 2. The van der Waals surface area contributed by atoms with Gasteiger partial charge in [-0.05, 0) is 37.1 Å². The molecule has 25 heavy (non-hydrogen) atoms. The molecule has 1 aliphatic heterocycles. The van der Waals surface area contributed by atoms with Crippen LogP contribution in [0.2, 0.25) is 0 Å². The Labute approximate surface area is 144 Å². The van der Waals surface area contributed by atoms with Crippen molar-refractivity contribution in [1.82, 2.24) is 0 Å². The summed E-state index contributed by atoms with van der Waals surface area (Å²) in [5.41, 5.74) is 1.88. The zero-order chi connectivity index (χ0) is 18.0. The highest BCUT2D eigenvalue weighted by Crippen LogP contribution is 2.32. The average Bonchev–Trinajstić information content (AvgIpc) is 2.61. The molecule has 1 atom stereocenters. The van der Waals surface area contributed by atoms with Crippen molar-refractivity contribution < 1.29 is 14.5 Å². The van der Waals surface area contributed by atoms with Gasteiger partial charge in [0.2, 0.25) is 11.8 Å². The number of anilines is 2. The molecule has 2 amide bonds. The number of aryl methyl sites for hydroxylation is 1. The second-order valence-corrected chi connectivity index (χ2v) is 5.87. The number of rotatable bonds is 4. The summed E-state index contributed by atoms with van der Waals surface area (Å²) in [7, 11) is 0. The SMILES string of the molecule is CC(C(=O)Nc1ccccc1)N1C(=O)CCc2cc([N+](=O)[O-])ccc21. The average molecular weight is 339 g/mol. The molecular formula is C18H17N3O4. The fraction of sp³-hybridized carbons (Fsp3) is 0.222. The molecule has 1 aliphatic rings. The lowest BCUT2D eigenvalue weighted by atomic mass is 9.98. The van der Waals surface area contributed by atoms with Crippen LogP contribution in [0.15, 0.2) is 48.5 Å². The van der Waals surface area contributed by atoms with Crippen LogP contribution in [-0.2, 0) is 16.0 Å². The van der Waals surface area contributed by atoms with Crippen molar-refractivity contribution in [3.8, 4) is 0 Å². The first-order valence-electron chi connectivity index (χ1n) is 7.92. The summed E-state index contributed by atoms with van der Waals surface area (Å²) in [6.07, 6.45) is 0.649. The van der Waals surface area contributed by atoms with Crippen LogP contribution in [0.1, 0.15) is 18.9 Å². The summed E-state index contributed by atoms with van der Waals surface area (Å²) in [4.78, 5) is 36.8. The molecule has 0 spiro atoms. The number of hydrogen-bond donors (Lipinski definition) is 1. The molecule has 3 rings (SSSR count). The Hall–Kier alpha value is -3.22. The van der Waals surface area contributed by atoms with E-state index < -0.39 is 11.0 Å². The van der Waals surface area contributed by atoms with Gasteiger partial charge in [-0.1, -0.05) is 18.2 Å². The van der Waals surface area contributed by atoms with Gasteiger partial charge >= 0.3 is 0 Å². The van der Waals surface area contributed by atoms with Crippen molar-refractivity contribution in [3.05, 3.63) is 64.2 Å². The van der Waals surface area contributed by atoms with E-state index in [0.29, 0.717) is 23.4 Å². The number of carbonyl (C=O) groups excluding carboxylic acids is 2. The van der Waals surface area contributed by atoms with E-state index in [1.807, 2.05) is 6.07 Å². The molecule has 0 bridgehead atoms. The van der Waals surface area contributed by atoms with E-state index in [-0.39, 0.29) is 23.9 Å². The van der Waals surface area contributed by atoms with E-state index in [0.717, 1.165) is 0 Å². The molecule has 1 N–H and O–H groups in total. The Morgan fingerprint density at radius 2 is 1.92 bits per heavy atom. The Morgan fingerprint density at radius 1 is 1.20 bits per heavy atom. The summed E-state index contributed by atoms with van der Waals surface area (Å²) in [6, 6.07) is 12.6. The maximum absolute atomic E-state index is 12.5. The van der Waals surface area contributed by atoms with Crippen LogP contribution < -0.4 is 10.2 Å². The summed E-state index contributed by atoms with van der Waals surface area (Å²) in [5.74, 6) is -0.484. The minimum absolute atomic E-state index is 0.0190. The number of fused-ring (bicyclic) bond motifs is 1. The second kappa shape index (κ2) is 6.72. The van der Waals surface area contributed by atoms with Crippen molar-refractivity contribution in [2.24, 2.45) is 0 Å². The summed E-state index contributed by atoms with van der Waals surface area (Å²) >= 11 is 0. The molecule has 1 unspecified atom stereocenters. The van der Waals surface area contributed by atoms with Gasteiger partial charge in [0.1, 0.15) is 6.04 Å². The van der Waals surface area contributed by atoms with Gasteiger partial charge in [-0.2, -0.15) is 0 Å². The smallest absolute Gasteiger partial charge is 0.269 e. The number of para-hydroxylation sites is 1. The Bertz CT molecular complexity index is 835. The first-order chi connectivity index (χ1) is 12.0. The van der Waals surface area contributed by atoms with E-state index in [1.54, 1.807) is 31.2 Å². The monoisotopic (exact) mass is 339 g/mol. The third-order valence-electron chi connectivity index (χ3n) is 4.22. The van der Waals surface area contributed by atoms with Crippen molar-refractivity contribution in [1.29, 1.82) is 0 Å². The molecule has 2 aromatic carbocycles. The number of hydrogen-bond acceptors (Lipinski definition) is 4. The van der Waals surface area contributed by atoms with Crippen LogP contribution in [0.3, 0.4) is 0 Å². The number of carbonyl (C=O) groups is 2. The van der Waals surface area contributed by atoms with Crippen LogP contribution in [0.4, 0.5) is 17.1 Å². The highest BCUT2D eigenvalue weighted by atomic mass is 16.6. The normalized spacial score (nSPS) is 14.6. The fourth-order valence-electron chi connectivity index (χ4n) is 2.93. The van der Waals surface area contributed by atoms with Crippen LogP contribution in [0.25, 0.3) is 0 Å². The van der Waals surface area contributed by atoms with Crippen molar-refractivity contribution >= 4 is 28.9 Å². The Balaban J connectivity index is 1.87. The summed E-state index contributed by atoms with van der Waals surface area (Å²) in [5, 5.41) is 13.7. The number of benzene rings is 2. The first kappa shape index (κ1) is 16.6. The maximum atomic E-state index is 12.5. The molecule has 0 aromatic heterocycles. The van der Waals surface area contributed by atoms with Gasteiger partial charge < -0.3 is 5.32 Å². The van der Waals surface area contributed by atoms with E-state index in [2.05, 4.69) is 5.32 Å². The van der Waals surface area contributed by atoms with Crippen LogP contribution in [-0.4, -0.2) is 22.8 Å². The van der Waals surface area contributed by atoms with E-state index in [4.69, 9.17) is 0 Å². The lowest BCUT2D eigenvalue weighted by Gasteiger charge is -2.33. The van der Waals surface area contributed by atoms with E-state index in [1.165, 1.54) is 23.1 Å². The minimum atomic E-state index is -0.729. The molecule has 0 saturated carbocycles. The highest BCUT2D eigenvalue weighted by Gasteiger charge is 2.32. The number of nitro groups is 1. The molecule has 0 radical (unpaired) electrons. The second-order valence-electron chi connectivity index (χ2n) is 5.87. The fourth-order valence-corrected chi connectivity index (χ4v) is 2.93. The molecule has 1 heterocycles. The van der Waals surface area contributed by atoms with Crippen molar-refractivity contribution in [2.45, 2.75) is 25.8 Å². The van der Waals surface area contributed by atoms with Crippen LogP contribution >= 0.6 is 0 Å². The van der Waals surface area contributed by atoms with Gasteiger partial charge in [-0.15, -0.1) is 0 Å². The molecular weight excluding hydrogens is 322 g/mol. The number of amides is 2.